The molecule has 0 unspecified atom stereocenters. The summed E-state index contributed by atoms with van der Waals surface area (Å²) in [6.45, 7) is 4.61. The van der Waals surface area contributed by atoms with Crippen molar-refractivity contribution in [1.82, 2.24) is 4.57 Å². The summed E-state index contributed by atoms with van der Waals surface area (Å²) in [6, 6.07) is 63.5. The van der Waals surface area contributed by atoms with Crippen LogP contribution < -0.4 is 0 Å². The largest absolute Gasteiger partial charge is 0.308 e. The standard InChI is InChI=1S/C55H36N2O2/c1-55(2)47-29-13-12-24-43(47)49-39-23-11-10-22-38(39)48-40(25-14-28-44(48)51(49)55)41-26-15-27-42(53(41)57(58)59)46-32-34-17-7-9-21-37(34)54-50(46)45-31-30-33-16-6-8-20-36(33)52(45)56(54)35-18-4-3-5-19-35/h3-32H,1-2H3. The van der Waals surface area contributed by atoms with Crippen LogP contribution in [0.15, 0.2) is 182 Å². The van der Waals surface area contributed by atoms with Gasteiger partial charge in [-0.15, -0.1) is 0 Å². The summed E-state index contributed by atoms with van der Waals surface area (Å²) in [5.74, 6) is 0. The summed E-state index contributed by atoms with van der Waals surface area (Å²) in [4.78, 5) is 13.7. The van der Waals surface area contributed by atoms with Gasteiger partial charge >= 0.3 is 0 Å². The maximum Gasteiger partial charge on any atom is 0.284 e. The van der Waals surface area contributed by atoms with Gasteiger partial charge in [0.1, 0.15) is 0 Å². The Kier molecular flexibility index (Phi) is 6.95. The zero-order valence-corrected chi connectivity index (χ0v) is 32.5. The smallest absolute Gasteiger partial charge is 0.284 e. The van der Waals surface area contributed by atoms with E-state index < -0.39 is 0 Å². The maximum atomic E-state index is 13.9. The van der Waals surface area contributed by atoms with E-state index in [9.17, 15) is 10.1 Å². The molecule has 1 heterocycles. The van der Waals surface area contributed by atoms with Crippen molar-refractivity contribution in [1.29, 1.82) is 0 Å². The normalized spacial score (nSPS) is 13.2. The van der Waals surface area contributed by atoms with Crippen molar-refractivity contribution in [3.05, 3.63) is 203 Å². The Morgan fingerprint density at radius 2 is 1.03 bits per heavy atom. The second kappa shape index (κ2) is 12.2. The van der Waals surface area contributed by atoms with Crippen molar-refractivity contribution < 1.29 is 4.92 Å². The van der Waals surface area contributed by atoms with Gasteiger partial charge in [0, 0.05) is 32.6 Å². The molecule has 12 rings (SSSR count). The molecule has 0 aliphatic heterocycles. The second-order valence-electron chi connectivity index (χ2n) is 16.4. The number of hydrogen-bond donors (Lipinski definition) is 0. The number of rotatable bonds is 4. The van der Waals surface area contributed by atoms with Crippen molar-refractivity contribution in [3.63, 3.8) is 0 Å². The fourth-order valence-electron chi connectivity index (χ4n) is 10.6. The fourth-order valence-corrected chi connectivity index (χ4v) is 10.6. The highest BCUT2D eigenvalue weighted by molar-refractivity contribution is 6.29. The molecule has 0 amide bonds. The Morgan fingerprint density at radius 3 is 1.81 bits per heavy atom. The number of benzene rings is 10. The van der Waals surface area contributed by atoms with Gasteiger partial charge in [-0.2, -0.15) is 0 Å². The minimum Gasteiger partial charge on any atom is -0.308 e. The van der Waals surface area contributed by atoms with Crippen molar-refractivity contribution in [2.75, 3.05) is 0 Å². The van der Waals surface area contributed by atoms with Crippen LogP contribution in [0.5, 0.6) is 0 Å². The lowest BCUT2D eigenvalue weighted by Gasteiger charge is -2.25. The molecule has 1 aliphatic carbocycles. The van der Waals surface area contributed by atoms with E-state index in [-0.39, 0.29) is 16.0 Å². The first-order chi connectivity index (χ1) is 28.9. The van der Waals surface area contributed by atoms with E-state index in [1.54, 1.807) is 0 Å². The van der Waals surface area contributed by atoms with Crippen LogP contribution in [-0.2, 0) is 5.41 Å². The van der Waals surface area contributed by atoms with Gasteiger partial charge in [-0.25, -0.2) is 0 Å². The van der Waals surface area contributed by atoms with Crippen LogP contribution >= 0.6 is 0 Å². The zero-order chi connectivity index (χ0) is 39.6. The fraction of sp³-hybridized carbons (Fsp3) is 0.0545. The molecule has 4 heteroatoms. The van der Waals surface area contributed by atoms with Crippen LogP contribution in [0, 0.1) is 10.1 Å². The maximum absolute atomic E-state index is 13.9. The summed E-state index contributed by atoms with van der Waals surface area (Å²) in [5, 5.41) is 24.7. The van der Waals surface area contributed by atoms with Crippen LogP contribution in [0.1, 0.15) is 25.0 Å². The predicted octanol–water partition coefficient (Wildman–Crippen LogP) is 14.9. The molecule has 4 nitrogen and oxygen atoms in total. The van der Waals surface area contributed by atoms with E-state index in [0.29, 0.717) is 11.1 Å². The Balaban J connectivity index is 1.23. The van der Waals surface area contributed by atoms with Gasteiger partial charge in [0.15, 0.2) is 0 Å². The van der Waals surface area contributed by atoms with Crippen LogP contribution in [-0.4, -0.2) is 9.49 Å². The topological polar surface area (TPSA) is 48.1 Å². The van der Waals surface area contributed by atoms with Gasteiger partial charge in [-0.1, -0.05) is 166 Å². The van der Waals surface area contributed by atoms with Gasteiger partial charge in [0.05, 0.1) is 27.1 Å². The monoisotopic (exact) mass is 756 g/mol. The Morgan fingerprint density at radius 1 is 0.458 bits per heavy atom. The summed E-state index contributed by atoms with van der Waals surface area (Å²) in [5.41, 5.74) is 11.0. The minimum absolute atomic E-state index is 0.102. The molecular weight excluding hydrogens is 721 g/mol. The third kappa shape index (κ3) is 4.54. The second-order valence-corrected chi connectivity index (χ2v) is 16.4. The van der Waals surface area contributed by atoms with E-state index in [4.69, 9.17) is 0 Å². The first-order valence-corrected chi connectivity index (χ1v) is 20.2. The molecular formula is C55H36N2O2. The molecule has 0 spiro atoms. The Hall–Kier alpha value is -7.56. The van der Waals surface area contributed by atoms with Crippen LogP contribution in [0.4, 0.5) is 5.69 Å². The van der Waals surface area contributed by atoms with Gasteiger partial charge in [0.25, 0.3) is 5.69 Å². The van der Waals surface area contributed by atoms with Crippen LogP contribution in [0.25, 0.3) is 104 Å². The number of nitro groups is 1. The molecule has 0 atom stereocenters. The lowest BCUT2D eigenvalue weighted by molar-refractivity contribution is -0.383. The molecule has 278 valence electrons. The highest BCUT2D eigenvalue weighted by Crippen LogP contribution is 2.56. The minimum atomic E-state index is -0.269. The van der Waals surface area contributed by atoms with Gasteiger partial charge < -0.3 is 4.57 Å². The molecule has 0 radical (unpaired) electrons. The molecule has 1 aromatic heterocycles. The van der Waals surface area contributed by atoms with Gasteiger partial charge in [-0.05, 0) is 96.0 Å². The van der Waals surface area contributed by atoms with E-state index >= 15 is 0 Å². The Labute approximate surface area is 340 Å². The molecule has 10 aromatic carbocycles. The van der Waals surface area contributed by atoms with E-state index in [1.807, 2.05) is 30.3 Å². The highest BCUT2D eigenvalue weighted by atomic mass is 16.6. The summed E-state index contributed by atoms with van der Waals surface area (Å²) >= 11 is 0. The quantitative estimate of drug-likeness (QED) is 0.102. The molecule has 0 N–H and O–H groups in total. The third-order valence-corrected chi connectivity index (χ3v) is 13.0. The van der Waals surface area contributed by atoms with Crippen LogP contribution in [0.3, 0.4) is 0 Å². The van der Waals surface area contributed by atoms with Crippen molar-refractivity contribution in [3.8, 4) is 39.1 Å². The molecule has 0 saturated heterocycles. The highest BCUT2D eigenvalue weighted by Gasteiger charge is 2.39. The van der Waals surface area contributed by atoms with Gasteiger partial charge in [0.2, 0.25) is 0 Å². The number of nitro benzene ring substituents is 1. The van der Waals surface area contributed by atoms with Crippen molar-refractivity contribution >= 4 is 70.6 Å². The molecule has 1 aliphatic rings. The predicted molar refractivity (Wildman–Crippen MR) is 246 cm³/mol. The first kappa shape index (κ1) is 33.6. The Bertz CT molecular complexity index is 3610. The number of para-hydroxylation sites is 2. The van der Waals surface area contributed by atoms with E-state index in [0.717, 1.165) is 81.7 Å². The lowest BCUT2D eigenvalue weighted by Crippen LogP contribution is -2.15. The zero-order valence-electron chi connectivity index (χ0n) is 32.5. The lowest BCUT2D eigenvalue weighted by atomic mass is 9.78. The number of hydrogen-bond acceptors (Lipinski definition) is 2. The third-order valence-electron chi connectivity index (χ3n) is 13.0. The van der Waals surface area contributed by atoms with E-state index in [1.165, 1.54) is 22.3 Å². The number of nitrogens with zero attached hydrogens (tertiary/aromatic N) is 2. The number of fused-ring (bicyclic) bond motifs is 15. The summed E-state index contributed by atoms with van der Waals surface area (Å²) in [6.07, 6.45) is 0. The summed E-state index contributed by atoms with van der Waals surface area (Å²) in [7, 11) is 0. The van der Waals surface area contributed by atoms with E-state index in [2.05, 4.69) is 170 Å². The number of aromatic nitrogens is 1. The average Bonchev–Trinajstić information content (AvgIpc) is 3.76. The van der Waals surface area contributed by atoms with Crippen molar-refractivity contribution in [2.45, 2.75) is 19.3 Å². The molecule has 0 bridgehead atoms. The van der Waals surface area contributed by atoms with Gasteiger partial charge in [-0.3, -0.25) is 10.1 Å². The SMILES string of the molecule is CC1(C)c2ccccc2-c2c1c1cccc(-c3cccc(-c4cc5ccccc5c5c4c4ccc6ccccc6c4n5-c4ccccc4)c3[N+](=O)[O-])c1c1ccccc21. The molecule has 11 aromatic rings. The molecule has 59 heavy (non-hydrogen) atoms. The molecule has 0 fully saturated rings. The van der Waals surface area contributed by atoms with Crippen LogP contribution in [0.2, 0.25) is 0 Å². The molecule has 0 saturated carbocycles. The first-order valence-electron chi connectivity index (χ1n) is 20.2. The average molecular weight is 757 g/mol. The van der Waals surface area contributed by atoms with Crippen molar-refractivity contribution in [2.24, 2.45) is 0 Å². The summed E-state index contributed by atoms with van der Waals surface area (Å²) < 4.78 is 2.37.